The molecule has 0 aliphatic heterocycles. The van der Waals surface area contributed by atoms with Crippen LogP contribution < -0.4 is 0 Å². The molecular formula is C10H17NO. The van der Waals surface area contributed by atoms with Gasteiger partial charge in [-0.25, -0.2) is 0 Å². The maximum Gasteiger partial charge on any atom is 0.225 e. The average Bonchev–Trinajstić information content (AvgIpc) is 1.96. The number of hydrogen-bond acceptors (Lipinski definition) is 1. The second-order valence-corrected chi connectivity index (χ2v) is 3.29. The first-order chi connectivity index (χ1) is 5.79. The molecular weight excluding hydrogens is 150 g/mol. The Kier molecular flexibility index (Phi) is 3.32. The number of rotatable bonds is 4. The van der Waals surface area contributed by atoms with Crippen LogP contribution in [-0.2, 0) is 4.79 Å². The van der Waals surface area contributed by atoms with Gasteiger partial charge >= 0.3 is 0 Å². The molecule has 1 aliphatic carbocycles. The molecule has 0 aromatic rings. The minimum Gasteiger partial charge on any atom is -0.339 e. The van der Waals surface area contributed by atoms with E-state index in [1.807, 2.05) is 11.8 Å². The first kappa shape index (κ1) is 9.30. The van der Waals surface area contributed by atoms with E-state index in [1.54, 1.807) is 6.08 Å². The Balaban J connectivity index is 2.40. The number of carbonyl (C=O) groups excluding carboxylic acids is 1. The van der Waals surface area contributed by atoms with E-state index < -0.39 is 0 Å². The predicted octanol–water partition coefficient (Wildman–Crippen LogP) is 1.82. The second kappa shape index (κ2) is 4.29. The van der Waals surface area contributed by atoms with Gasteiger partial charge in [-0.1, -0.05) is 12.5 Å². The number of carbonyl (C=O) groups is 1. The minimum atomic E-state index is 0.323. The molecule has 0 radical (unpaired) electrons. The van der Waals surface area contributed by atoms with Crippen molar-refractivity contribution in [3.63, 3.8) is 0 Å². The summed E-state index contributed by atoms with van der Waals surface area (Å²) in [5, 5.41) is 0. The first-order valence-electron chi connectivity index (χ1n) is 4.69. The molecule has 0 aromatic heterocycles. The van der Waals surface area contributed by atoms with Gasteiger partial charge in [-0.15, -0.1) is 6.58 Å². The standard InChI is InChI=1S/C10H17NO/c1-3-8-11(4-2)10(12)9-6-5-7-9/h3,9H,1,4-8H2,2H3. The highest BCUT2D eigenvalue weighted by Crippen LogP contribution is 2.28. The Morgan fingerprint density at radius 3 is 2.67 bits per heavy atom. The van der Waals surface area contributed by atoms with Crippen molar-refractivity contribution in [1.82, 2.24) is 4.90 Å². The van der Waals surface area contributed by atoms with Gasteiger partial charge < -0.3 is 4.90 Å². The van der Waals surface area contributed by atoms with E-state index in [2.05, 4.69) is 6.58 Å². The van der Waals surface area contributed by atoms with Gasteiger partial charge in [0.2, 0.25) is 5.91 Å². The Morgan fingerprint density at radius 2 is 2.33 bits per heavy atom. The van der Waals surface area contributed by atoms with Gasteiger partial charge in [0.05, 0.1) is 0 Å². The average molecular weight is 167 g/mol. The summed E-state index contributed by atoms with van der Waals surface area (Å²) in [6.07, 6.45) is 5.20. The van der Waals surface area contributed by atoms with Crippen LogP contribution in [-0.4, -0.2) is 23.9 Å². The molecule has 2 nitrogen and oxygen atoms in total. The van der Waals surface area contributed by atoms with Gasteiger partial charge in [0, 0.05) is 19.0 Å². The lowest BCUT2D eigenvalue weighted by Crippen LogP contribution is -2.38. The molecule has 2 heteroatoms. The zero-order chi connectivity index (χ0) is 8.97. The van der Waals surface area contributed by atoms with Crippen LogP contribution >= 0.6 is 0 Å². The fraction of sp³-hybridized carbons (Fsp3) is 0.700. The zero-order valence-corrected chi connectivity index (χ0v) is 7.75. The third-order valence-electron chi connectivity index (χ3n) is 2.50. The SMILES string of the molecule is C=CCN(CC)C(=O)C1CCC1. The predicted molar refractivity (Wildman–Crippen MR) is 49.8 cm³/mol. The van der Waals surface area contributed by atoms with Crippen molar-refractivity contribution in [2.45, 2.75) is 26.2 Å². The van der Waals surface area contributed by atoms with Crippen LogP contribution in [0, 0.1) is 5.92 Å². The second-order valence-electron chi connectivity index (χ2n) is 3.29. The third kappa shape index (κ3) is 1.87. The molecule has 0 unspecified atom stereocenters. The van der Waals surface area contributed by atoms with E-state index in [0.717, 1.165) is 19.4 Å². The summed E-state index contributed by atoms with van der Waals surface area (Å²) in [7, 11) is 0. The molecule has 0 N–H and O–H groups in total. The molecule has 0 saturated heterocycles. The molecule has 0 atom stereocenters. The van der Waals surface area contributed by atoms with Crippen LogP contribution in [0.1, 0.15) is 26.2 Å². The summed E-state index contributed by atoms with van der Waals surface area (Å²) in [6, 6.07) is 0. The highest BCUT2D eigenvalue weighted by atomic mass is 16.2. The Bertz CT molecular complexity index is 173. The molecule has 1 aliphatic rings. The Hall–Kier alpha value is -0.790. The van der Waals surface area contributed by atoms with Gasteiger partial charge in [-0.05, 0) is 19.8 Å². The summed E-state index contributed by atoms with van der Waals surface area (Å²) in [6.45, 7) is 7.16. The highest BCUT2D eigenvalue weighted by Gasteiger charge is 2.27. The van der Waals surface area contributed by atoms with Crippen LogP contribution in [0.15, 0.2) is 12.7 Å². The van der Waals surface area contributed by atoms with E-state index in [0.29, 0.717) is 18.4 Å². The lowest BCUT2D eigenvalue weighted by molar-refractivity contribution is -0.137. The Labute approximate surface area is 74.2 Å². The van der Waals surface area contributed by atoms with Crippen molar-refractivity contribution < 1.29 is 4.79 Å². The number of amides is 1. The quantitative estimate of drug-likeness (QED) is 0.585. The molecule has 1 amide bonds. The van der Waals surface area contributed by atoms with Gasteiger partial charge in [-0.2, -0.15) is 0 Å². The summed E-state index contributed by atoms with van der Waals surface area (Å²) in [4.78, 5) is 13.5. The molecule has 12 heavy (non-hydrogen) atoms. The lowest BCUT2D eigenvalue weighted by Gasteiger charge is -2.30. The maximum absolute atomic E-state index is 11.6. The molecule has 1 rings (SSSR count). The first-order valence-corrected chi connectivity index (χ1v) is 4.69. The van der Waals surface area contributed by atoms with Crippen molar-refractivity contribution in [3.8, 4) is 0 Å². The number of hydrogen-bond donors (Lipinski definition) is 0. The van der Waals surface area contributed by atoms with Crippen LogP contribution in [0.3, 0.4) is 0 Å². The fourth-order valence-electron chi connectivity index (χ4n) is 1.44. The maximum atomic E-state index is 11.6. The molecule has 1 saturated carbocycles. The largest absolute Gasteiger partial charge is 0.339 e. The van der Waals surface area contributed by atoms with E-state index >= 15 is 0 Å². The summed E-state index contributed by atoms with van der Waals surface area (Å²) in [5.41, 5.74) is 0. The van der Waals surface area contributed by atoms with E-state index in [4.69, 9.17) is 0 Å². The normalized spacial score (nSPS) is 16.8. The van der Waals surface area contributed by atoms with Gasteiger partial charge in [0.1, 0.15) is 0 Å². The van der Waals surface area contributed by atoms with Gasteiger partial charge in [0.25, 0.3) is 0 Å². The Morgan fingerprint density at radius 1 is 1.67 bits per heavy atom. The topological polar surface area (TPSA) is 20.3 Å². The molecule has 0 aromatic carbocycles. The third-order valence-corrected chi connectivity index (χ3v) is 2.50. The summed E-state index contributed by atoms with van der Waals surface area (Å²) < 4.78 is 0. The molecule has 0 heterocycles. The monoisotopic (exact) mass is 167 g/mol. The van der Waals surface area contributed by atoms with Crippen molar-refractivity contribution in [2.75, 3.05) is 13.1 Å². The van der Waals surface area contributed by atoms with Crippen LogP contribution in [0.2, 0.25) is 0 Å². The van der Waals surface area contributed by atoms with E-state index in [-0.39, 0.29) is 0 Å². The van der Waals surface area contributed by atoms with Crippen LogP contribution in [0.25, 0.3) is 0 Å². The number of likely N-dealkylation sites (N-methyl/N-ethyl adjacent to an activating group) is 1. The molecule has 0 spiro atoms. The van der Waals surface area contributed by atoms with Gasteiger partial charge in [-0.3, -0.25) is 4.79 Å². The van der Waals surface area contributed by atoms with E-state index in [9.17, 15) is 4.79 Å². The van der Waals surface area contributed by atoms with Gasteiger partial charge in [0.15, 0.2) is 0 Å². The smallest absolute Gasteiger partial charge is 0.225 e. The van der Waals surface area contributed by atoms with E-state index in [1.165, 1.54) is 6.42 Å². The minimum absolute atomic E-state index is 0.323. The molecule has 68 valence electrons. The highest BCUT2D eigenvalue weighted by molar-refractivity contribution is 5.79. The summed E-state index contributed by atoms with van der Waals surface area (Å²) in [5.74, 6) is 0.647. The summed E-state index contributed by atoms with van der Waals surface area (Å²) >= 11 is 0. The molecule has 1 fully saturated rings. The zero-order valence-electron chi connectivity index (χ0n) is 7.75. The van der Waals surface area contributed by atoms with Crippen molar-refractivity contribution in [3.05, 3.63) is 12.7 Å². The number of nitrogens with zero attached hydrogens (tertiary/aromatic N) is 1. The van der Waals surface area contributed by atoms with Crippen molar-refractivity contribution >= 4 is 5.91 Å². The van der Waals surface area contributed by atoms with Crippen molar-refractivity contribution in [2.24, 2.45) is 5.92 Å². The lowest BCUT2D eigenvalue weighted by atomic mass is 9.84. The van der Waals surface area contributed by atoms with Crippen LogP contribution in [0.5, 0.6) is 0 Å². The molecule has 0 bridgehead atoms. The van der Waals surface area contributed by atoms with Crippen molar-refractivity contribution in [1.29, 1.82) is 0 Å². The van der Waals surface area contributed by atoms with Crippen LogP contribution in [0.4, 0.5) is 0 Å². The fourth-order valence-corrected chi connectivity index (χ4v) is 1.44.